The van der Waals surface area contributed by atoms with Gasteiger partial charge in [0.05, 0.1) is 25.4 Å². The van der Waals surface area contributed by atoms with Crippen LogP contribution in [0.15, 0.2) is 36.5 Å². The number of rotatable bonds is 40. The van der Waals surface area contributed by atoms with Gasteiger partial charge in [-0.25, -0.2) is 0 Å². The molecular formula is C46H85NO5. The normalized spacial score (nSPS) is 13.1. The van der Waals surface area contributed by atoms with Crippen molar-refractivity contribution in [1.82, 2.24) is 5.32 Å². The molecule has 6 heteroatoms. The minimum atomic E-state index is -0.875. The first-order valence-electron chi connectivity index (χ1n) is 22.3. The highest BCUT2D eigenvalue weighted by atomic mass is 16.5. The van der Waals surface area contributed by atoms with Gasteiger partial charge in [0, 0.05) is 12.8 Å². The van der Waals surface area contributed by atoms with E-state index in [1.54, 1.807) is 6.08 Å². The third-order valence-electron chi connectivity index (χ3n) is 9.88. The summed E-state index contributed by atoms with van der Waals surface area (Å²) in [7, 11) is 0. The number of unbranched alkanes of at least 4 members (excludes halogenated alkanes) is 25. The van der Waals surface area contributed by atoms with Crippen LogP contribution in [0.5, 0.6) is 0 Å². The summed E-state index contributed by atoms with van der Waals surface area (Å²) in [6.07, 6.45) is 48.5. The maximum atomic E-state index is 12.4. The van der Waals surface area contributed by atoms with E-state index in [2.05, 4.69) is 43.5 Å². The van der Waals surface area contributed by atoms with Crippen LogP contribution in [-0.4, -0.2) is 47.4 Å². The summed E-state index contributed by atoms with van der Waals surface area (Å²) in [5, 5.41) is 22.9. The molecule has 0 radical (unpaired) electrons. The molecule has 52 heavy (non-hydrogen) atoms. The first-order valence-corrected chi connectivity index (χ1v) is 22.3. The van der Waals surface area contributed by atoms with E-state index in [9.17, 15) is 19.8 Å². The quantitative estimate of drug-likeness (QED) is 0.0331. The smallest absolute Gasteiger partial charge is 0.305 e. The minimum Gasteiger partial charge on any atom is -0.466 e. The molecule has 0 aromatic carbocycles. The number of aliphatic hydroxyl groups is 2. The van der Waals surface area contributed by atoms with E-state index < -0.39 is 12.1 Å². The lowest BCUT2D eigenvalue weighted by Gasteiger charge is -2.19. The molecule has 0 heterocycles. The van der Waals surface area contributed by atoms with E-state index in [4.69, 9.17) is 4.74 Å². The average Bonchev–Trinajstić information content (AvgIpc) is 3.14. The zero-order valence-electron chi connectivity index (χ0n) is 34.3. The molecule has 0 rings (SSSR count). The molecule has 0 bridgehead atoms. The van der Waals surface area contributed by atoms with Crippen molar-refractivity contribution in [1.29, 1.82) is 0 Å². The Kier molecular flexibility index (Phi) is 40.3. The lowest BCUT2D eigenvalue weighted by molar-refractivity contribution is -0.143. The number of nitrogens with one attached hydrogen (secondary N) is 1. The van der Waals surface area contributed by atoms with Gasteiger partial charge < -0.3 is 20.3 Å². The van der Waals surface area contributed by atoms with Crippen LogP contribution in [0.4, 0.5) is 0 Å². The second kappa shape index (κ2) is 41.8. The van der Waals surface area contributed by atoms with E-state index in [-0.39, 0.29) is 18.5 Å². The Morgan fingerprint density at radius 1 is 0.519 bits per heavy atom. The number of amides is 1. The Labute approximate surface area is 322 Å². The molecular weight excluding hydrogens is 647 g/mol. The Morgan fingerprint density at radius 2 is 0.942 bits per heavy atom. The molecule has 0 aromatic heterocycles. The number of hydrogen-bond donors (Lipinski definition) is 3. The molecule has 0 aliphatic carbocycles. The zero-order valence-corrected chi connectivity index (χ0v) is 34.3. The van der Waals surface area contributed by atoms with Gasteiger partial charge in [-0.3, -0.25) is 9.59 Å². The highest BCUT2D eigenvalue weighted by molar-refractivity contribution is 5.76. The molecule has 0 saturated heterocycles. The minimum absolute atomic E-state index is 0.0502. The Balaban J connectivity index is 3.63. The fourth-order valence-corrected chi connectivity index (χ4v) is 6.38. The van der Waals surface area contributed by atoms with Crippen molar-refractivity contribution in [3.05, 3.63) is 36.5 Å². The fraction of sp³-hybridized carbons (Fsp3) is 0.826. The van der Waals surface area contributed by atoms with Gasteiger partial charge in [-0.15, -0.1) is 0 Å². The van der Waals surface area contributed by atoms with Crippen molar-refractivity contribution >= 4 is 11.9 Å². The lowest BCUT2D eigenvalue weighted by Crippen LogP contribution is -2.45. The number of carbonyl (C=O) groups is 2. The molecule has 3 N–H and O–H groups in total. The molecule has 0 aliphatic rings. The lowest BCUT2D eigenvalue weighted by atomic mass is 10.0. The maximum absolute atomic E-state index is 12.4. The predicted octanol–water partition coefficient (Wildman–Crippen LogP) is 12.6. The Morgan fingerprint density at radius 3 is 1.46 bits per heavy atom. The van der Waals surface area contributed by atoms with Gasteiger partial charge in [0.15, 0.2) is 0 Å². The molecule has 0 aromatic rings. The van der Waals surface area contributed by atoms with E-state index in [1.807, 2.05) is 6.08 Å². The van der Waals surface area contributed by atoms with Crippen molar-refractivity contribution in [3.63, 3.8) is 0 Å². The predicted molar refractivity (Wildman–Crippen MR) is 222 cm³/mol. The number of carbonyl (C=O) groups excluding carboxylic acids is 2. The number of allylic oxidation sites excluding steroid dienone is 5. The number of aliphatic hydroxyl groups excluding tert-OH is 2. The summed E-state index contributed by atoms with van der Waals surface area (Å²) in [4.78, 5) is 24.3. The summed E-state index contributed by atoms with van der Waals surface area (Å²) in [6.45, 7) is 4.75. The molecule has 0 fully saturated rings. The second-order valence-corrected chi connectivity index (χ2v) is 15.0. The van der Waals surface area contributed by atoms with Gasteiger partial charge in [-0.2, -0.15) is 0 Å². The molecule has 1 amide bonds. The van der Waals surface area contributed by atoms with Crippen molar-refractivity contribution in [3.8, 4) is 0 Å². The van der Waals surface area contributed by atoms with Crippen LogP contribution in [-0.2, 0) is 14.3 Å². The van der Waals surface area contributed by atoms with E-state index >= 15 is 0 Å². The summed E-state index contributed by atoms with van der Waals surface area (Å²) in [5.74, 6) is -0.181. The third-order valence-corrected chi connectivity index (χ3v) is 9.88. The standard InChI is InChI=1S/C46H85NO5/c1-3-5-7-9-11-13-15-16-17-18-20-22-26-30-34-38-44(49)43(42-48)47-45(50)39-35-31-27-23-21-25-29-33-37-41-52-46(51)40-36-32-28-24-19-14-12-10-8-6-4-2/h10,12,23,27,34,38,43-44,48-49H,3-9,11,13-22,24-26,28-33,35-37,39-42H2,1-2H3,(H,47,50)/b12-10-,27-23-,38-34+. The summed E-state index contributed by atoms with van der Waals surface area (Å²) in [5.41, 5.74) is 0. The second-order valence-electron chi connectivity index (χ2n) is 15.0. The molecule has 0 saturated carbocycles. The van der Waals surface area contributed by atoms with Crippen LogP contribution in [0.25, 0.3) is 0 Å². The van der Waals surface area contributed by atoms with Gasteiger partial charge in [-0.1, -0.05) is 172 Å². The summed E-state index contributed by atoms with van der Waals surface area (Å²) in [6, 6.07) is -0.665. The third kappa shape index (κ3) is 37.8. The Bertz CT molecular complexity index is 854. The van der Waals surface area contributed by atoms with Crippen LogP contribution < -0.4 is 5.32 Å². The first-order chi connectivity index (χ1) is 25.5. The SMILES string of the molecule is CCCC/C=C\CCCCCCCC(=O)OCCCCCC/C=C\CCCC(=O)NC(CO)C(O)/C=C/CCCCCCCCCCCCCCC. The van der Waals surface area contributed by atoms with Gasteiger partial charge in [-0.05, 0) is 70.6 Å². The van der Waals surface area contributed by atoms with E-state index in [0.717, 1.165) is 70.6 Å². The highest BCUT2D eigenvalue weighted by Crippen LogP contribution is 2.14. The van der Waals surface area contributed by atoms with Gasteiger partial charge in [0.2, 0.25) is 5.91 Å². The van der Waals surface area contributed by atoms with Crippen molar-refractivity contribution < 1.29 is 24.5 Å². The average molecular weight is 732 g/mol. The van der Waals surface area contributed by atoms with Gasteiger partial charge in [0.25, 0.3) is 0 Å². The van der Waals surface area contributed by atoms with E-state index in [0.29, 0.717) is 19.4 Å². The first kappa shape index (κ1) is 50.1. The summed E-state index contributed by atoms with van der Waals surface area (Å²) < 4.78 is 5.40. The maximum Gasteiger partial charge on any atom is 0.305 e. The number of esters is 1. The van der Waals surface area contributed by atoms with Crippen molar-refractivity contribution in [2.45, 2.75) is 231 Å². The monoisotopic (exact) mass is 732 g/mol. The van der Waals surface area contributed by atoms with Crippen LogP contribution in [0.2, 0.25) is 0 Å². The molecule has 2 atom stereocenters. The largest absolute Gasteiger partial charge is 0.466 e. The van der Waals surface area contributed by atoms with Crippen LogP contribution in [0, 0.1) is 0 Å². The fourth-order valence-electron chi connectivity index (χ4n) is 6.38. The van der Waals surface area contributed by atoms with Crippen molar-refractivity contribution in [2.75, 3.05) is 13.2 Å². The van der Waals surface area contributed by atoms with Gasteiger partial charge >= 0.3 is 5.97 Å². The summed E-state index contributed by atoms with van der Waals surface area (Å²) >= 11 is 0. The molecule has 304 valence electrons. The topological polar surface area (TPSA) is 95.9 Å². The number of hydrogen-bond acceptors (Lipinski definition) is 5. The highest BCUT2D eigenvalue weighted by Gasteiger charge is 2.17. The molecule has 0 aliphatic heterocycles. The van der Waals surface area contributed by atoms with Crippen LogP contribution in [0.1, 0.15) is 219 Å². The van der Waals surface area contributed by atoms with Crippen LogP contribution >= 0.6 is 0 Å². The zero-order chi connectivity index (χ0) is 38.0. The molecule has 0 spiro atoms. The molecule has 6 nitrogen and oxygen atoms in total. The number of ether oxygens (including phenoxy) is 1. The van der Waals surface area contributed by atoms with E-state index in [1.165, 1.54) is 122 Å². The van der Waals surface area contributed by atoms with Gasteiger partial charge in [0.1, 0.15) is 0 Å². The molecule has 2 unspecified atom stereocenters. The Hall–Kier alpha value is -1.92. The van der Waals surface area contributed by atoms with Crippen LogP contribution in [0.3, 0.4) is 0 Å². The van der Waals surface area contributed by atoms with Crippen molar-refractivity contribution in [2.24, 2.45) is 0 Å².